The van der Waals surface area contributed by atoms with E-state index in [0.717, 1.165) is 11.6 Å². The molecule has 0 aliphatic rings. The van der Waals surface area contributed by atoms with Crippen molar-refractivity contribution in [2.75, 3.05) is 11.9 Å². The van der Waals surface area contributed by atoms with E-state index >= 15 is 0 Å². The van der Waals surface area contributed by atoms with E-state index in [4.69, 9.17) is 16.3 Å². The van der Waals surface area contributed by atoms with Crippen LogP contribution in [0.5, 0.6) is 0 Å². The van der Waals surface area contributed by atoms with Crippen LogP contribution in [0.1, 0.15) is 36.7 Å². The number of alkyl carbamates (subject to hydrolysis) is 1. The minimum Gasteiger partial charge on any atom is -0.444 e. The van der Waals surface area contributed by atoms with Gasteiger partial charge < -0.3 is 20.7 Å². The van der Waals surface area contributed by atoms with Crippen molar-refractivity contribution in [2.24, 2.45) is 0 Å². The van der Waals surface area contributed by atoms with Gasteiger partial charge in [-0.15, -0.1) is 0 Å². The SMILES string of the molecule is CC(C)(C)OC(=O)NCC(=O)NCc1ccc(NC(=O)c2c(F)cccc2Cl)cc1. The van der Waals surface area contributed by atoms with Gasteiger partial charge in [0.2, 0.25) is 5.91 Å². The number of halogens is 2. The standard InChI is InChI=1S/C21H23ClFN3O4/c1-21(2,3)30-20(29)25-12-17(27)24-11-13-7-9-14(10-8-13)26-19(28)18-15(22)5-4-6-16(18)23/h4-10H,11-12H2,1-3H3,(H,24,27)(H,25,29)(H,26,28). The van der Waals surface area contributed by atoms with Gasteiger partial charge in [-0.3, -0.25) is 9.59 Å². The summed E-state index contributed by atoms with van der Waals surface area (Å²) in [7, 11) is 0. The van der Waals surface area contributed by atoms with Crippen molar-refractivity contribution < 1.29 is 23.5 Å². The molecule has 0 saturated heterocycles. The van der Waals surface area contributed by atoms with Crippen LogP contribution in [-0.2, 0) is 16.1 Å². The highest BCUT2D eigenvalue weighted by Gasteiger charge is 2.17. The molecule has 2 rings (SSSR count). The topological polar surface area (TPSA) is 96.5 Å². The van der Waals surface area contributed by atoms with Gasteiger partial charge in [0.25, 0.3) is 5.91 Å². The van der Waals surface area contributed by atoms with Crippen LogP contribution in [0.25, 0.3) is 0 Å². The zero-order valence-electron chi connectivity index (χ0n) is 16.8. The number of amides is 3. The normalized spacial score (nSPS) is 10.8. The molecule has 0 unspecified atom stereocenters. The Morgan fingerprint density at radius 3 is 2.30 bits per heavy atom. The Kier molecular flexibility index (Phi) is 7.77. The molecule has 0 aliphatic heterocycles. The Balaban J connectivity index is 1.82. The molecule has 0 heterocycles. The second-order valence-electron chi connectivity index (χ2n) is 7.38. The summed E-state index contributed by atoms with van der Waals surface area (Å²) >= 11 is 5.89. The van der Waals surface area contributed by atoms with Gasteiger partial charge in [-0.05, 0) is 50.6 Å². The number of carbonyl (C=O) groups excluding carboxylic acids is 3. The fourth-order valence-electron chi connectivity index (χ4n) is 2.34. The zero-order valence-corrected chi connectivity index (χ0v) is 17.6. The van der Waals surface area contributed by atoms with Crippen molar-refractivity contribution in [2.45, 2.75) is 32.9 Å². The summed E-state index contributed by atoms with van der Waals surface area (Å²) in [5, 5.41) is 7.61. The maximum absolute atomic E-state index is 13.8. The molecule has 2 aromatic rings. The maximum atomic E-state index is 13.8. The number of anilines is 1. The number of nitrogens with one attached hydrogen (secondary N) is 3. The molecule has 30 heavy (non-hydrogen) atoms. The van der Waals surface area contributed by atoms with Crippen LogP contribution in [0.4, 0.5) is 14.9 Å². The van der Waals surface area contributed by atoms with E-state index in [1.165, 1.54) is 12.1 Å². The van der Waals surface area contributed by atoms with E-state index in [9.17, 15) is 18.8 Å². The molecule has 0 radical (unpaired) electrons. The molecule has 0 saturated carbocycles. The molecule has 160 valence electrons. The summed E-state index contributed by atoms with van der Waals surface area (Å²) in [5.41, 5.74) is 0.339. The monoisotopic (exact) mass is 435 g/mol. The lowest BCUT2D eigenvalue weighted by Gasteiger charge is -2.19. The Hall–Kier alpha value is -3.13. The highest BCUT2D eigenvalue weighted by atomic mass is 35.5. The number of hydrogen-bond acceptors (Lipinski definition) is 4. The highest BCUT2D eigenvalue weighted by molar-refractivity contribution is 6.34. The Bertz CT molecular complexity index is 907. The van der Waals surface area contributed by atoms with Gasteiger partial charge in [0, 0.05) is 12.2 Å². The molecule has 3 amide bonds. The van der Waals surface area contributed by atoms with E-state index < -0.39 is 23.4 Å². The first kappa shape index (κ1) is 23.2. The smallest absolute Gasteiger partial charge is 0.408 e. The first-order valence-electron chi connectivity index (χ1n) is 9.13. The molecule has 9 heteroatoms. The second-order valence-corrected chi connectivity index (χ2v) is 7.79. The predicted octanol–water partition coefficient (Wildman–Crippen LogP) is 3.87. The van der Waals surface area contributed by atoms with Gasteiger partial charge in [-0.25, -0.2) is 9.18 Å². The van der Waals surface area contributed by atoms with Gasteiger partial charge in [0.05, 0.1) is 10.6 Å². The molecule has 0 aliphatic carbocycles. The van der Waals surface area contributed by atoms with Crippen molar-refractivity contribution in [3.05, 3.63) is 64.4 Å². The van der Waals surface area contributed by atoms with Crippen molar-refractivity contribution in [1.29, 1.82) is 0 Å². The summed E-state index contributed by atoms with van der Waals surface area (Å²) < 4.78 is 18.9. The van der Waals surface area contributed by atoms with E-state index in [1.807, 2.05) is 0 Å². The number of rotatable bonds is 6. The lowest BCUT2D eigenvalue weighted by atomic mass is 10.1. The fraction of sp³-hybridized carbons (Fsp3) is 0.286. The average molecular weight is 436 g/mol. The van der Waals surface area contributed by atoms with Gasteiger partial charge >= 0.3 is 6.09 Å². The molecule has 0 spiro atoms. The number of hydrogen-bond donors (Lipinski definition) is 3. The first-order valence-corrected chi connectivity index (χ1v) is 9.51. The van der Waals surface area contributed by atoms with E-state index in [1.54, 1.807) is 45.0 Å². The van der Waals surface area contributed by atoms with Gasteiger partial charge in [0.15, 0.2) is 0 Å². The van der Waals surface area contributed by atoms with E-state index in [-0.39, 0.29) is 29.6 Å². The quantitative estimate of drug-likeness (QED) is 0.641. The lowest BCUT2D eigenvalue weighted by molar-refractivity contribution is -0.120. The van der Waals surface area contributed by atoms with E-state index in [0.29, 0.717) is 5.69 Å². The average Bonchev–Trinajstić information content (AvgIpc) is 2.64. The van der Waals surface area contributed by atoms with Gasteiger partial charge in [-0.2, -0.15) is 0 Å². The predicted molar refractivity (Wildman–Crippen MR) is 112 cm³/mol. The fourth-order valence-corrected chi connectivity index (χ4v) is 2.59. The molecule has 0 aromatic heterocycles. The largest absolute Gasteiger partial charge is 0.444 e. The molecule has 7 nitrogen and oxygen atoms in total. The zero-order chi connectivity index (χ0) is 22.3. The summed E-state index contributed by atoms with van der Waals surface area (Å²) in [5.74, 6) is -1.75. The van der Waals surface area contributed by atoms with Crippen molar-refractivity contribution in [3.8, 4) is 0 Å². The van der Waals surface area contributed by atoms with Crippen molar-refractivity contribution in [1.82, 2.24) is 10.6 Å². The third kappa shape index (κ3) is 7.36. The molecule has 3 N–H and O–H groups in total. The van der Waals surface area contributed by atoms with Crippen LogP contribution in [0.3, 0.4) is 0 Å². The van der Waals surface area contributed by atoms with Gasteiger partial charge in [-0.1, -0.05) is 29.8 Å². The van der Waals surface area contributed by atoms with Crippen molar-refractivity contribution in [3.63, 3.8) is 0 Å². The Morgan fingerprint density at radius 2 is 1.70 bits per heavy atom. The summed E-state index contributed by atoms with van der Waals surface area (Å²) in [6, 6.07) is 10.6. The van der Waals surface area contributed by atoms with Crippen LogP contribution in [0.15, 0.2) is 42.5 Å². The molecule has 0 atom stereocenters. The summed E-state index contributed by atoms with van der Waals surface area (Å²) in [4.78, 5) is 35.6. The third-order valence-electron chi connectivity index (χ3n) is 3.68. The maximum Gasteiger partial charge on any atom is 0.408 e. The van der Waals surface area contributed by atoms with Crippen LogP contribution < -0.4 is 16.0 Å². The molecule has 0 fully saturated rings. The first-order chi connectivity index (χ1) is 14.0. The van der Waals surface area contributed by atoms with Crippen molar-refractivity contribution >= 4 is 35.2 Å². The number of carbonyl (C=O) groups is 3. The minimum absolute atomic E-state index is 0.0202. The number of benzene rings is 2. The Morgan fingerprint density at radius 1 is 1.03 bits per heavy atom. The molecule has 2 aromatic carbocycles. The third-order valence-corrected chi connectivity index (χ3v) is 4.00. The minimum atomic E-state index is -0.709. The van der Waals surface area contributed by atoms with Crippen LogP contribution >= 0.6 is 11.6 Å². The van der Waals surface area contributed by atoms with Crippen LogP contribution in [0.2, 0.25) is 5.02 Å². The lowest BCUT2D eigenvalue weighted by Crippen LogP contribution is -2.39. The van der Waals surface area contributed by atoms with Gasteiger partial charge in [0.1, 0.15) is 18.0 Å². The van der Waals surface area contributed by atoms with E-state index in [2.05, 4.69) is 16.0 Å². The molecular weight excluding hydrogens is 413 g/mol. The summed E-state index contributed by atoms with van der Waals surface area (Å²) in [6.07, 6.45) is -0.673. The van der Waals surface area contributed by atoms with Crippen LogP contribution in [0, 0.1) is 5.82 Å². The molecule has 0 bridgehead atoms. The highest BCUT2D eigenvalue weighted by Crippen LogP contribution is 2.20. The number of ether oxygens (including phenoxy) is 1. The second kappa shape index (κ2) is 10.1. The Labute approximate surface area is 178 Å². The van der Waals surface area contributed by atoms with Crippen LogP contribution in [-0.4, -0.2) is 30.1 Å². The molecular formula is C21H23ClFN3O4. The summed E-state index contributed by atoms with van der Waals surface area (Å²) in [6.45, 7) is 5.19.